The Balaban J connectivity index is 0. The van der Waals surface area contributed by atoms with Crippen LogP contribution in [0, 0.1) is 0 Å². The van der Waals surface area contributed by atoms with Crippen molar-refractivity contribution in [2.75, 3.05) is 0 Å². The van der Waals surface area contributed by atoms with Gasteiger partial charge in [0.25, 0.3) is 0 Å². The third-order valence-corrected chi connectivity index (χ3v) is 2.51. The van der Waals surface area contributed by atoms with E-state index < -0.39 is 42.7 Å². The van der Waals surface area contributed by atoms with Crippen molar-refractivity contribution in [2.45, 2.75) is 24.2 Å². The van der Waals surface area contributed by atoms with Gasteiger partial charge in [-0.25, -0.2) is 0 Å². The summed E-state index contributed by atoms with van der Waals surface area (Å²) >= 11 is -3.34. The van der Waals surface area contributed by atoms with Gasteiger partial charge in [-0.2, -0.15) is 0 Å². The fraction of sp³-hybridized carbons (Fsp3) is 1.00. The van der Waals surface area contributed by atoms with Gasteiger partial charge in [0, 0.05) is 0 Å². The number of rotatable bonds is 3. The Bertz CT molecular complexity index is 66.8. The number of hydrogen-bond acceptors (Lipinski definition) is 2. The first-order chi connectivity index (χ1) is 4.33. The molecule has 0 aromatic heterocycles. The van der Waals surface area contributed by atoms with Gasteiger partial charge in [-0.15, -0.1) is 0 Å². The zero-order chi connectivity index (χ0) is 7.54. The molecule has 0 heterocycles. The Hall–Kier alpha value is 1.16. The van der Waals surface area contributed by atoms with E-state index in [-0.39, 0.29) is 0 Å². The van der Waals surface area contributed by atoms with Crippen LogP contribution in [0.25, 0.3) is 0 Å². The van der Waals surface area contributed by atoms with Gasteiger partial charge in [0.15, 0.2) is 0 Å². The molecule has 0 radical (unpaired) electrons. The predicted molar refractivity (Wildman–Crippen MR) is 37.6 cm³/mol. The average Bonchev–Trinajstić information content (AvgIpc) is 1.86. The summed E-state index contributed by atoms with van der Waals surface area (Å²) in [6, 6.07) is 0. The Kier molecular flexibility index (Phi) is 22.9. The first-order valence-corrected chi connectivity index (χ1v) is 9.34. The molecule has 3 nitrogen and oxygen atoms in total. The molecule has 0 atom stereocenters. The minimum absolute atomic E-state index is 1.05. The van der Waals surface area contributed by atoms with Crippen LogP contribution < -0.4 is 0 Å². The molecular weight excluding hydrogens is 333 g/mol. The first kappa shape index (κ1) is 12.8. The summed E-state index contributed by atoms with van der Waals surface area (Å²) in [7, 11) is 0. The van der Waals surface area contributed by atoms with Crippen LogP contribution in [0.5, 0.6) is 0 Å². The third-order valence-electron chi connectivity index (χ3n) is 0.676. The Labute approximate surface area is 76.0 Å². The molecule has 0 spiro atoms. The van der Waals surface area contributed by atoms with E-state index in [0.717, 1.165) is 4.44 Å². The van der Waals surface area contributed by atoms with Crippen molar-refractivity contribution in [1.82, 2.24) is 0 Å². The molecule has 0 aliphatic rings. The number of hydrogen-bond donors (Lipinski definition) is 1. The van der Waals surface area contributed by atoms with Crippen LogP contribution in [-0.4, -0.2) is 46.1 Å². The molecular formula is C4H12O3Sn2. The monoisotopic (exact) mass is 348 g/mol. The zero-order valence-electron chi connectivity index (χ0n) is 5.54. The van der Waals surface area contributed by atoms with E-state index in [2.05, 4.69) is 6.92 Å². The molecule has 0 fully saturated rings. The first-order valence-electron chi connectivity index (χ1n) is 2.84. The molecule has 9 heavy (non-hydrogen) atoms. The average molecular weight is 346 g/mol. The van der Waals surface area contributed by atoms with Gasteiger partial charge in [-0.3, -0.25) is 0 Å². The van der Waals surface area contributed by atoms with Gasteiger partial charge in [0.05, 0.1) is 0 Å². The molecule has 0 amide bonds. The minimum atomic E-state index is -2.14. The van der Waals surface area contributed by atoms with E-state index in [1.165, 1.54) is 12.8 Å². The second kappa shape index (κ2) is 16.1. The topological polar surface area (TPSA) is 54.4 Å². The van der Waals surface area contributed by atoms with Gasteiger partial charge in [0.2, 0.25) is 0 Å². The number of unbranched alkanes of at least 4 members (excludes halogenated alkanes) is 1. The predicted octanol–water partition coefficient (Wildman–Crippen LogP) is -0.338. The summed E-state index contributed by atoms with van der Waals surface area (Å²) in [5, 5.41) is 0. The van der Waals surface area contributed by atoms with E-state index in [4.69, 9.17) is 6.52 Å². The van der Waals surface area contributed by atoms with Crippen molar-refractivity contribution in [3.05, 3.63) is 0 Å². The summed E-state index contributed by atoms with van der Waals surface area (Å²) in [6.07, 6.45) is 2.39. The molecule has 0 aromatic carbocycles. The van der Waals surface area contributed by atoms with E-state index in [1.54, 1.807) is 0 Å². The summed E-state index contributed by atoms with van der Waals surface area (Å²) in [5.41, 5.74) is 0. The van der Waals surface area contributed by atoms with Gasteiger partial charge in [0.1, 0.15) is 0 Å². The van der Waals surface area contributed by atoms with E-state index in [0.29, 0.717) is 0 Å². The molecule has 0 saturated carbocycles. The van der Waals surface area contributed by atoms with Crippen molar-refractivity contribution in [3.8, 4) is 0 Å². The standard InChI is InChI=1S/C4H9.H2O.2O.2Sn.2H/c1-3-4-2;;;;;;;/h1,3-4H2,2H3;1H2;;;;;;/q;;;;;+1;;/p-1. The van der Waals surface area contributed by atoms with E-state index in [1.807, 2.05) is 0 Å². The van der Waals surface area contributed by atoms with Gasteiger partial charge >= 0.3 is 76.5 Å². The van der Waals surface area contributed by atoms with E-state index >= 15 is 0 Å². The molecule has 0 aromatic rings. The quantitative estimate of drug-likeness (QED) is 0.563. The Morgan fingerprint density at radius 3 is 2.00 bits per heavy atom. The van der Waals surface area contributed by atoms with Crippen LogP contribution in [0.3, 0.4) is 0 Å². The van der Waals surface area contributed by atoms with Crippen molar-refractivity contribution in [2.24, 2.45) is 0 Å². The van der Waals surface area contributed by atoms with Crippen LogP contribution in [-0.2, 0) is 6.15 Å². The molecule has 0 unspecified atom stereocenters. The fourth-order valence-corrected chi connectivity index (χ4v) is 1.93. The second-order valence-electron chi connectivity index (χ2n) is 1.41. The van der Waals surface area contributed by atoms with Gasteiger partial charge in [-0.05, 0) is 0 Å². The van der Waals surface area contributed by atoms with Crippen LogP contribution in [0.15, 0.2) is 0 Å². The molecule has 5 heteroatoms. The maximum absolute atomic E-state index is 9.88. The molecule has 0 rings (SSSR count). The van der Waals surface area contributed by atoms with Crippen molar-refractivity contribution >= 4 is 42.7 Å². The molecule has 1 N–H and O–H groups in total. The summed E-state index contributed by atoms with van der Waals surface area (Å²) in [4.78, 5) is 0. The molecule has 54 valence electrons. The van der Waals surface area contributed by atoms with Crippen molar-refractivity contribution in [1.29, 1.82) is 0 Å². The van der Waals surface area contributed by atoms with Crippen molar-refractivity contribution in [3.63, 3.8) is 0 Å². The van der Waals surface area contributed by atoms with Crippen LogP contribution in [0.2, 0.25) is 4.44 Å². The molecule has 0 aliphatic carbocycles. The molecule has 0 bridgehead atoms. The Morgan fingerprint density at radius 2 is 1.89 bits per heavy atom. The van der Waals surface area contributed by atoms with Crippen LogP contribution in [0.1, 0.15) is 19.8 Å². The van der Waals surface area contributed by atoms with E-state index in [9.17, 15) is 3.08 Å². The Morgan fingerprint density at radius 1 is 1.44 bits per heavy atom. The van der Waals surface area contributed by atoms with Crippen LogP contribution >= 0.6 is 0 Å². The fourth-order valence-electron chi connectivity index (χ4n) is 0.287. The molecule has 0 aliphatic heterocycles. The summed E-state index contributed by atoms with van der Waals surface area (Å²) in [6.45, 7) is 2.12. The normalized spacial score (nSPS) is 6.89. The maximum atomic E-state index is 9.88. The summed E-state index contributed by atoms with van der Waals surface area (Å²) < 4.78 is 26.8. The summed E-state index contributed by atoms with van der Waals surface area (Å²) in [5.74, 6) is 0. The second-order valence-corrected chi connectivity index (χ2v) is 4.62. The third kappa shape index (κ3) is 27.1. The van der Waals surface area contributed by atoms with Gasteiger partial charge < -0.3 is 0 Å². The van der Waals surface area contributed by atoms with Crippen LogP contribution in [0.4, 0.5) is 0 Å². The van der Waals surface area contributed by atoms with Crippen molar-refractivity contribution < 1.29 is 9.60 Å². The van der Waals surface area contributed by atoms with Gasteiger partial charge in [-0.1, -0.05) is 0 Å². The molecule has 0 saturated heterocycles. The SMILES string of the molecule is CCC[CH2][SnH]=[O].[O]=[SnH][OH]. The zero-order valence-corrected chi connectivity index (χ0v) is 12.1.